The van der Waals surface area contributed by atoms with Crippen LogP contribution in [0.5, 0.6) is 0 Å². The molecule has 1 aliphatic carbocycles. The minimum absolute atomic E-state index is 0.128. The smallest absolute Gasteiger partial charge is 0.200 e. The summed E-state index contributed by atoms with van der Waals surface area (Å²) in [4.78, 5) is 9.51. The molecule has 1 heterocycles. The zero-order valence-corrected chi connectivity index (χ0v) is 18.4. The van der Waals surface area contributed by atoms with Crippen LogP contribution in [0, 0.1) is 18.3 Å². The first-order valence-electron chi connectivity index (χ1n) is 10.1. The van der Waals surface area contributed by atoms with Gasteiger partial charge in [0.1, 0.15) is 10.7 Å². The maximum atomic E-state index is 13.4. The number of hydrogen-bond donors (Lipinski definition) is 0. The lowest BCUT2D eigenvalue weighted by Crippen LogP contribution is -2.17. The maximum Gasteiger partial charge on any atom is 0.200 e. The van der Waals surface area contributed by atoms with Crippen LogP contribution in [0.4, 0.5) is 0 Å². The fourth-order valence-electron chi connectivity index (χ4n) is 3.74. The summed E-state index contributed by atoms with van der Waals surface area (Å²) in [7, 11) is -3.93. The van der Waals surface area contributed by atoms with Crippen LogP contribution in [0.15, 0.2) is 58.5 Å². The summed E-state index contributed by atoms with van der Waals surface area (Å²) in [5.41, 5.74) is 2.51. The van der Waals surface area contributed by atoms with Gasteiger partial charge in [-0.3, -0.25) is 0 Å². The molecule has 30 heavy (non-hydrogen) atoms. The van der Waals surface area contributed by atoms with Crippen molar-refractivity contribution in [1.82, 2.24) is 9.97 Å². The minimum atomic E-state index is -3.93. The van der Waals surface area contributed by atoms with E-state index in [2.05, 4.69) is 4.98 Å². The van der Waals surface area contributed by atoms with E-state index in [0.29, 0.717) is 21.3 Å². The third kappa shape index (κ3) is 4.21. The number of para-hydroxylation sites is 2. The Morgan fingerprint density at radius 3 is 2.27 bits per heavy atom. The van der Waals surface area contributed by atoms with E-state index in [-0.39, 0.29) is 10.6 Å². The van der Waals surface area contributed by atoms with Crippen LogP contribution in [0.25, 0.3) is 11.0 Å². The zero-order valence-electron chi connectivity index (χ0n) is 16.8. The van der Waals surface area contributed by atoms with Gasteiger partial charge in [-0.25, -0.2) is 18.4 Å². The average Bonchev–Trinajstić information content (AvgIpc) is 2.75. The Morgan fingerprint density at radius 2 is 1.63 bits per heavy atom. The molecule has 0 radical (unpaired) electrons. The monoisotopic (exact) mass is 437 g/mol. The number of thioether (sulfide) groups is 1. The van der Waals surface area contributed by atoms with E-state index in [1.165, 1.54) is 6.42 Å². The van der Waals surface area contributed by atoms with Crippen molar-refractivity contribution < 1.29 is 8.42 Å². The Morgan fingerprint density at radius 1 is 1.00 bits per heavy atom. The molecule has 1 aromatic heterocycles. The highest BCUT2D eigenvalue weighted by molar-refractivity contribution is 8.00. The van der Waals surface area contributed by atoms with Crippen molar-refractivity contribution in [3.63, 3.8) is 0 Å². The van der Waals surface area contributed by atoms with Gasteiger partial charge in [-0.1, -0.05) is 49.1 Å². The standard InChI is InChI=1S/C23H23N3O2S2/c1-16-11-13-18(14-12-16)30(27,28)21(15-24)22-23(29-17-7-3-2-4-8-17)26-20-10-6-5-9-19(20)25-22/h5-6,9-14,17,21H,2-4,7-8H2,1H3. The molecule has 1 aliphatic rings. The van der Waals surface area contributed by atoms with Gasteiger partial charge in [-0.15, -0.1) is 11.8 Å². The SMILES string of the molecule is Cc1ccc(S(=O)(=O)C(C#N)c2nc3ccccc3nc2SC2CCCCC2)cc1. The summed E-state index contributed by atoms with van der Waals surface area (Å²) >= 11 is 1.57. The summed E-state index contributed by atoms with van der Waals surface area (Å²) in [6.07, 6.45) is 5.70. The highest BCUT2D eigenvalue weighted by Crippen LogP contribution is 2.39. The van der Waals surface area contributed by atoms with Crippen molar-refractivity contribution in [1.29, 1.82) is 5.26 Å². The van der Waals surface area contributed by atoms with Gasteiger partial charge >= 0.3 is 0 Å². The normalized spacial score (nSPS) is 16.3. The molecule has 1 saturated carbocycles. The Balaban J connectivity index is 1.82. The van der Waals surface area contributed by atoms with Gasteiger partial charge < -0.3 is 0 Å². The van der Waals surface area contributed by atoms with Crippen LogP contribution in [0.2, 0.25) is 0 Å². The van der Waals surface area contributed by atoms with E-state index in [1.807, 2.05) is 31.2 Å². The fourth-order valence-corrected chi connectivity index (χ4v) is 6.52. The molecule has 1 unspecified atom stereocenters. The van der Waals surface area contributed by atoms with Gasteiger partial charge in [0, 0.05) is 5.25 Å². The molecule has 0 bridgehead atoms. The quantitative estimate of drug-likeness (QED) is 0.531. The van der Waals surface area contributed by atoms with E-state index in [4.69, 9.17) is 4.98 Å². The van der Waals surface area contributed by atoms with Crippen molar-refractivity contribution >= 4 is 32.6 Å². The first-order valence-corrected chi connectivity index (χ1v) is 12.5. The van der Waals surface area contributed by atoms with Crippen LogP contribution in [0.3, 0.4) is 0 Å². The summed E-state index contributed by atoms with van der Waals surface area (Å²) in [6, 6.07) is 16.0. The molecule has 0 spiro atoms. The van der Waals surface area contributed by atoms with Crippen molar-refractivity contribution in [3.05, 3.63) is 59.8 Å². The Kier molecular flexibility index (Phi) is 6.07. The Hall–Kier alpha value is -2.43. The molecule has 0 amide bonds. The molecule has 5 nitrogen and oxygen atoms in total. The number of benzene rings is 2. The van der Waals surface area contributed by atoms with Gasteiger partial charge in [0.2, 0.25) is 0 Å². The summed E-state index contributed by atoms with van der Waals surface area (Å²) in [6.45, 7) is 1.89. The van der Waals surface area contributed by atoms with Crippen molar-refractivity contribution in [2.24, 2.45) is 0 Å². The predicted octanol–water partition coefficient (Wildman–Crippen LogP) is 5.40. The predicted molar refractivity (Wildman–Crippen MR) is 119 cm³/mol. The average molecular weight is 438 g/mol. The lowest BCUT2D eigenvalue weighted by Gasteiger charge is -2.22. The molecule has 4 rings (SSSR count). The van der Waals surface area contributed by atoms with Crippen molar-refractivity contribution in [2.45, 2.75) is 59.4 Å². The molecule has 0 N–H and O–H groups in total. The molecule has 0 aliphatic heterocycles. The first kappa shape index (κ1) is 20.8. The van der Waals surface area contributed by atoms with Gasteiger partial charge in [-0.2, -0.15) is 5.26 Å². The Labute approximate surface area is 181 Å². The number of hydrogen-bond acceptors (Lipinski definition) is 6. The van der Waals surface area contributed by atoms with Crippen LogP contribution in [-0.4, -0.2) is 23.6 Å². The van der Waals surface area contributed by atoms with Gasteiger partial charge in [0.15, 0.2) is 15.1 Å². The van der Waals surface area contributed by atoms with E-state index in [0.717, 1.165) is 31.2 Å². The van der Waals surface area contributed by atoms with E-state index < -0.39 is 15.1 Å². The fraction of sp³-hybridized carbons (Fsp3) is 0.348. The van der Waals surface area contributed by atoms with Gasteiger partial charge in [0.25, 0.3) is 0 Å². The van der Waals surface area contributed by atoms with Crippen molar-refractivity contribution in [3.8, 4) is 6.07 Å². The molecule has 0 saturated heterocycles. The number of sulfone groups is 1. The third-order valence-corrected chi connectivity index (χ3v) is 8.63. The lowest BCUT2D eigenvalue weighted by atomic mass is 10.0. The van der Waals surface area contributed by atoms with Crippen LogP contribution in [0.1, 0.15) is 48.6 Å². The summed E-state index contributed by atoms with van der Waals surface area (Å²) < 4.78 is 26.7. The van der Waals surface area contributed by atoms with Gasteiger partial charge in [0.05, 0.1) is 22.0 Å². The van der Waals surface area contributed by atoms with E-state index in [1.54, 1.807) is 42.1 Å². The van der Waals surface area contributed by atoms with Crippen LogP contribution >= 0.6 is 11.8 Å². The molecule has 1 fully saturated rings. The summed E-state index contributed by atoms with van der Waals surface area (Å²) in [5, 5.41) is 9.46. The second kappa shape index (κ2) is 8.75. The molecule has 7 heteroatoms. The van der Waals surface area contributed by atoms with Gasteiger partial charge in [-0.05, 0) is 44.0 Å². The molecular formula is C23H23N3O2S2. The van der Waals surface area contributed by atoms with Crippen molar-refractivity contribution in [2.75, 3.05) is 0 Å². The van der Waals surface area contributed by atoms with Crippen LogP contribution < -0.4 is 0 Å². The van der Waals surface area contributed by atoms with Crippen LogP contribution in [-0.2, 0) is 9.84 Å². The number of rotatable bonds is 5. The number of nitrogens with zero attached hydrogens (tertiary/aromatic N) is 3. The number of fused-ring (bicyclic) bond motifs is 1. The van der Waals surface area contributed by atoms with E-state index in [9.17, 15) is 13.7 Å². The minimum Gasteiger partial charge on any atom is -0.246 e. The second-order valence-electron chi connectivity index (χ2n) is 7.65. The first-order chi connectivity index (χ1) is 14.5. The molecule has 1 atom stereocenters. The second-order valence-corrected chi connectivity index (χ2v) is 11.0. The Bertz CT molecular complexity index is 1200. The number of nitriles is 1. The third-order valence-electron chi connectivity index (χ3n) is 5.42. The highest BCUT2D eigenvalue weighted by Gasteiger charge is 2.34. The molecule has 154 valence electrons. The number of aromatic nitrogens is 2. The molecular weight excluding hydrogens is 414 g/mol. The lowest BCUT2D eigenvalue weighted by molar-refractivity contribution is 0.515. The largest absolute Gasteiger partial charge is 0.246 e. The highest BCUT2D eigenvalue weighted by atomic mass is 32.2. The molecule has 3 aromatic rings. The summed E-state index contributed by atoms with van der Waals surface area (Å²) in [5.74, 6) is 0. The zero-order chi connectivity index (χ0) is 21.1. The number of aryl methyl sites for hydroxylation is 1. The topological polar surface area (TPSA) is 83.7 Å². The maximum absolute atomic E-state index is 13.4. The molecule has 2 aromatic carbocycles. The van der Waals surface area contributed by atoms with E-state index >= 15 is 0 Å².